The number of aliphatic hydroxyl groups is 1. The van der Waals surface area contributed by atoms with Gasteiger partial charge in [0.25, 0.3) is 5.82 Å². The van der Waals surface area contributed by atoms with Crippen LogP contribution in [0.2, 0.25) is 0 Å². The number of halogens is 3. The van der Waals surface area contributed by atoms with Crippen molar-refractivity contribution < 1.29 is 18.3 Å². The number of nitrogens with zero attached hydrogens (tertiary/aromatic N) is 4. The second-order valence-corrected chi connectivity index (χ2v) is 3.90. The van der Waals surface area contributed by atoms with Gasteiger partial charge >= 0.3 is 6.18 Å². The van der Waals surface area contributed by atoms with Gasteiger partial charge in [0.1, 0.15) is 11.1 Å². The van der Waals surface area contributed by atoms with Crippen LogP contribution in [0.5, 0.6) is 0 Å². The molecule has 2 heterocycles. The number of aliphatic hydroxyl groups excluding tert-OH is 1. The summed E-state index contributed by atoms with van der Waals surface area (Å²) < 4.78 is 37.7. The first-order valence-corrected chi connectivity index (χ1v) is 4.92. The minimum atomic E-state index is -4.63. The normalized spacial score (nSPS) is 14.6. The van der Waals surface area contributed by atoms with Gasteiger partial charge in [-0.3, -0.25) is 0 Å². The lowest BCUT2D eigenvalue weighted by atomic mass is 10.4. The van der Waals surface area contributed by atoms with E-state index in [9.17, 15) is 18.3 Å². The zero-order valence-electron chi connectivity index (χ0n) is 7.64. The van der Waals surface area contributed by atoms with Crippen molar-refractivity contribution in [1.82, 2.24) is 19.8 Å². The average molecular weight is 253 g/mol. The Kier molecular flexibility index (Phi) is 2.56. The molecule has 0 aliphatic heterocycles. The van der Waals surface area contributed by atoms with Gasteiger partial charge in [0.15, 0.2) is 0 Å². The summed E-state index contributed by atoms with van der Waals surface area (Å²) in [4.78, 5) is -0.0326. The van der Waals surface area contributed by atoms with E-state index in [1.807, 2.05) is 0 Å². The van der Waals surface area contributed by atoms with Crippen LogP contribution in [0.15, 0.2) is 0 Å². The van der Waals surface area contributed by atoms with Crippen LogP contribution in [-0.2, 0) is 6.18 Å². The Labute approximate surface area is 90.5 Å². The molecule has 2 aromatic heterocycles. The molecule has 16 heavy (non-hydrogen) atoms. The van der Waals surface area contributed by atoms with Crippen molar-refractivity contribution in [2.24, 2.45) is 5.73 Å². The van der Waals surface area contributed by atoms with E-state index < -0.39 is 18.1 Å². The molecule has 0 aliphatic carbocycles. The van der Waals surface area contributed by atoms with E-state index >= 15 is 0 Å². The van der Waals surface area contributed by atoms with E-state index in [4.69, 9.17) is 5.73 Å². The number of hydrogen-bond donors (Lipinski definition) is 2. The van der Waals surface area contributed by atoms with Crippen LogP contribution in [-0.4, -0.2) is 31.5 Å². The molecule has 0 aromatic carbocycles. The van der Waals surface area contributed by atoms with Gasteiger partial charge in [-0.05, 0) is 0 Å². The maximum atomic E-state index is 12.4. The zero-order chi connectivity index (χ0) is 11.9. The molecule has 0 amide bonds. The molecule has 0 spiro atoms. The quantitative estimate of drug-likeness (QED) is 0.797. The van der Waals surface area contributed by atoms with Crippen LogP contribution < -0.4 is 5.73 Å². The van der Waals surface area contributed by atoms with Crippen LogP contribution in [0.25, 0.3) is 4.96 Å². The molecule has 1 unspecified atom stereocenters. The predicted octanol–water partition coefficient (Wildman–Crippen LogP) is 0.197. The van der Waals surface area contributed by atoms with Crippen LogP contribution in [0.1, 0.15) is 16.9 Å². The number of aromatic nitrogens is 4. The molecule has 0 saturated heterocycles. The highest BCUT2D eigenvalue weighted by Gasteiger charge is 2.38. The van der Waals surface area contributed by atoms with E-state index in [1.165, 1.54) is 0 Å². The van der Waals surface area contributed by atoms with E-state index in [-0.39, 0.29) is 16.5 Å². The van der Waals surface area contributed by atoms with Crippen molar-refractivity contribution in [2.75, 3.05) is 6.54 Å². The largest absolute Gasteiger partial charge is 0.453 e. The number of nitrogens with two attached hydrogens (primary N) is 1. The molecular weight excluding hydrogens is 247 g/mol. The van der Waals surface area contributed by atoms with Gasteiger partial charge in [-0.15, -0.1) is 10.2 Å². The lowest BCUT2D eigenvalue weighted by Gasteiger charge is -2.02. The predicted molar refractivity (Wildman–Crippen MR) is 47.7 cm³/mol. The smallest absolute Gasteiger partial charge is 0.385 e. The molecular formula is C6H6F3N5OS. The Morgan fingerprint density at radius 1 is 1.44 bits per heavy atom. The maximum Gasteiger partial charge on any atom is 0.453 e. The lowest BCUT2D eigenvalue weighted by Crippen LogP contribution is -2.14. The van der Waals surface area contributed by atoms with Crippen molar-refractivity contribution >= 4 is 16.3 Å². The molecule has 0 bridgehead atoms. The van der Waals surface area contributed by atoms with Crippen LogP contribution in [0.3, 0.4) is 0 Å². The van der Waals surface area contributed by atoms with Gasteiger partial charge in [-0.1, -0.05) is 11.3 Å². The summed E-state index contributed by atoms with van der Waals surface area (Å²) in [5, 5.41) is 19.3. The minimum absolute atomic E-state index is 0.0326. The number of alkyl halides is 3. The Balaban J connectivity index is 2.52. The first-order valence-electron chi connectivity index (χ1n) is 4.11. The minimum Gasteiger partial charge on any atom is -0.385 e. The highest BCUT2D eigenvalue weighted by Crippen LogP contribution is 2.29. The average Bonchev–Trinajstić information content (AvgIpc) is 2.72. The zero-order valence-corrected chi connectivity index (χ0v) is 8.46. The number of fused-ring (bicyclic) bond motifs is 1. The van der Waals surface area contributed by atoms with Crippen molar-refractivity contribution in [3.63, 3.8) is 0 Å². The molecule has 6 nitrogen and oxygen atoms in total. The van der Waals surface area contributed by atoms with Gasteiger partial charge in [0, 0.05) is 6.54 Å². The summed E-state index contributed by atoms with van der Waals surface area (Å²) in [5.41, 5.74) is 5.17. The van der Waals surface area contributed by atoms with Crippen molar-refractivity contribution in [3.05, 3.63) is 10.8 Å². The molecule has 3 N–H and O–H groups in total. The monoisotopic (exact) mass is 253 g/mol. The van der Waals surface area contributed by atoms with E-state index in [0.29, 0.717) is 4.52 Å². The van der Waals surface area contributed by atoms with Crippen molar-refractivity contribution in [2.45, 2.75) is 12.3 Å². The molecule has 2 rings (SSSR count). The fourth-order valence-electron chi connectivity index (χ4n) is 1.04. The van der Waals surface area contributed by atoms with Gasteiger partial charge in [0.05, 0.1) is 0 Å². The summed E-state index contributed by atoms with van der Waals surface area (Å²) in [6.45, 7) is -0.120. The van der Waals surface area contributed by atoms with E-state index in [2.05, 4.69) is 15.3 Å². The molecule has 1 atom stereocenters. The first-order chi connectivity index (χ1) is 7.43. The Hall–Kier alpha value is -1.26. The summed E-state index contributed by atoms with van der Waals surface area (Å²) in [7, 11) is 0. The molecule has 0 aliphatic rings. The maximum absolute atomic E-state index is 12.4. The SMILES string of the molecule is NCC(O)c1nn2c(C(F)(F)F)nnc2s1. The fourth-order valence-corrected chi connectivity index (χ4v) is 1.88. The third kappa shape index (κ3) is 1.74. The fraction of sp³-hybridized carbons (Fsp3) is 0.500. The second kappa shape index (κ2) is 3.64. The molecule has 2 aromatic rings. The summed E-state index contributed by atoms with van der Waals surface area (Å²) in [5.74, 6) is -1.21. The summed E-state index contributed by atoms with van der Waals surface area (Å²) >= 11 is 0.815. The highest BCUT2D eigenvalue weighted by atomic mass is 32.1. The molecule has 0 saturated carbocycles. The molecule has 0 radical (unpaired) electrons. The van der Waals surface area contributed by atoms with E-state index in [0.717, 1.165) is 11.3 Å². The second-order valence-electron chi connectivity index (χ2n) is 2.91. The highest BCUT2D eigenvalue weighted by molar-refractivity contribution is 7.16. The standard InChI is InChI=1S/C6H6F3N5OS/c7-6(8,9)4-11-12-5-14(4)13-3(16-5)2(15)1-10/h2,15H,1,10H2. The number of rotatable bonds is 2. The Morgan fingerprint density at radius 3 is 2.69 bits per heavy atom. The van der Waals surface area contributed by atoms with Gasteiger partial charge in [-0.25, -0.2) is 0 Å². The van der Waals surface area contributed by atoms with Crippen molar-refractivity contribution in [3.8, 4) is 0 Å². The molecule has 0 fully saturated rings. The number of hydrogen-bond acceptors (Lipinski definition) is 6. The Bertz CT molecular complexity index is 506. The third-order valence-corrected chi connectivity index (χ3v) is 2.77. The van der Waals surface area contributed by atoms with Crippen LogP contribution in [0.4, 0.5) is 13.2 Å². The van der Waals surface area contributed by atoms with Gasteiger partial charge in [0.2, 0.25) is 4.96 Å². The van der Waals surface area contributed by atoms with Crippen molar-refractivity contribution in [1.29, 1.82) is 0 Å². The lowest BCUT2D eigenvalue weighted by molar-refractivity contribution is -0.146. The Morgan fingerprint density at radius 2 is 2.12 bits per heavy atom. The third-order valence-electron chi connectivity index (χ3n) is 1.77. The van der Waals surface area contributed by atoms with Gasteiger partial charge < -0.3 is 10.8 Å². The molecule has 88 valence electrons. The molecule has 10 heteroatoms. The summed E-state index contributed by atoms with van der Waals surface area (Å²) in [6, 6.07) is 0. The topological polar surface area (TPSA) is 89.3 Å². The van der Waals surface area contributed by atoms with Crippen LogP contribution >= 0.6 is 11.3 Å². The van der Waals surface area contributed by atoms with Crippen LogP contribution in [0, 0.1) is 0 Å². The first kappa shape index (κ1) is 11.2. The van der Waals surface area contributed by atoms with E-state index in [1.54, 1.807) is 0 Å². The summed E-state index contributed by atoms with van der Waals surface area (Å²) in [6.07, 6.45) is -5.72. The van der Waals surface area contributed by atoms with Gasteiger partial charge in [-0.2, -0.15) is 22.8 Å².